The number of rotatable bonds is 4. The highest BCUT2D eigenvalue weighted by Gasteiger charge is 2.35. The van der Waals surface area contributed by atoms with Crippen LogP contribution in [0.3, 0.4) is 0 Å². The largest absolute Gasteiger partial charge is 0.440 e. The van der Waals surface area contributed by atoms with Gasteiger partial charge < -0.3 is 4.74 Å². The molecule has 0 N–H and O–H groups in total. The van der Waals surface area contributed by atoms with E-state index in [2.05, 4.69) is 0 Å². The number of aromatic nitrogens is 2. The maximum absolute atomic E-state index is 14.1. The molecule has 2 heterocycles. The van der Waals surface area contributed by atoms with Gasteiger partial charge in [0.2, 0.25) is 5.88 Å². The van der Waals surface area contributed by atoms with E-state index in [1.54, 1.807) is 11.5 Å². The molecule has 1 atom stereocenters. The minimum Gasteiger partial charge on any atom is -0.440 e. The zero-order chi connectivity index (χ0) is 24.0. The van der Waals surface area contributed by atoms with Gasteiger partial charge >= 0.3 is 0 Å². The van der Waals surface area contributed by atoms with Crippen LogP contribution in [-0.2, 0) is 4.79 Å². The number of hydrogen-bond acceptors (Lipinski definition) is 4. The normalized spacial score (nSPS) is 14.1. The molecular formula is C28H24N2O3S. The molecule has 0 fully saturated rings. The molecule has 34 heavy (non-hydrogen) atoms. The van der Waals surface area contributed by atoms with E-state index in [-0.39, 0.29) is 17.8 Å². The zero-order valence-electron chi connectivity index (χ0n) is 19.2. The first-order valence-corrected chi connectivity index (χ1v) is 11.6. The Kier molecular flexibility index (Phi) is 5.54. The number of Topliss-reactive ketones (excluding diaryl/α,β-unsaturated/α-hetero) is 1. The van der Waals surface area contributed by atoms with Gasteiger partial charge in [0, 0.05) is 17.9 Å². The molecule has 0 saturated heterocycles. The molecule has 1 aliphatic heterocycles. The zero-order valence-corrected chi connectivity index (χ0v) is 20.1. The lowest BCUT2D eigenvalue weighted by molar-refractivity contribution is -0.117. The third kappa shape index (κ3) is 3.51. The van der Waals surface area contributed by atoms with E-state index in [1.807, 2.05) is 91.2 Å². The van der Waals surface area contributed by atoms with Crippen molar-refractivity contribution in [1.29, 1.82) is 0 Å². The number of para-hydroxylation sites is 3. The van der Waals surface area contributed by atoms with Crippen molar-refractivity contribution in [2.75, 3.05) is 0 Å². The summed E-state index contributed by atoms with van der Waals surface area (Å²) in [5, 5.41) is 0. The Morgan fingerprint density at radius 2 is 1.44 bits per heavy atom. The quantitative estimate of drug-likeness (QED) is 0.335. The van der Waals surface area contributed by atoms with Crippen LogP contribution in [0.4, 0.5) is 0 Å². The van der Waals surface area contributed by atoms with Gasteiger partial charge in [0.05, 0.1) is 16.9 Å². The Morgan fingerprint density at radius 1 is 0.882 bits per heavy atom. The van der Waals surface area contributed by atoms with E-state index >= 15 is 0 Å². The van der Waals surface area contributed by atoms with Gasteiger partial charge in [-0.3, -0.25) is 18.7 Å². The van der Waals surface area contributed by atoms with Gasteiger partial charge in [-0.05, 0) is 62.3 Å². The number of carbonyl (C=O) groups is 1. The molecule has 1 unspecified atom stereocenters. The van der Waals surface area contributed by atoms with E-state index in [4.69, 9.17) is 17.0 Å². The maximum Gasteiger partial charge on any atom is 0.266 e. The van der Waals surface area contributed by atoms with Crippen molar-refractivity contribution in [3.8, 4) is 23.0 Å². The molecule has 6 heteroatoms. The first kappa shape index (κ1) is 22.0. The fourth-order valence-corrected chi connectivity index (χ4v) is 5.04. The van der Waals surface area contributed by atoms with Crippen LogP contribution in [0.1, 0.15) is 41.5 Å². The lowest BCUT2D eigenvalue weighted by atomic mass is 9.86. The Labute approximate surface area is 202 Å². The minimum atomic E-state index is -0.439. The first-order valence-electron chi connectivity index (χ1n) is 11.2. The van der Waals surface area contributed by atoms with E-state index in [0.29, 0.717) is 27.7 Å². The van der Waals surface area contributed by atoms with Gasteiger partial charge in [0.15, 0.2) is 4.77 Å². The van der Waals surface area contributed by atoms with E-state index in [1.165, 1.54) is 0 Å². The number of carbonyl (C=O) groups excluding carboxylic acids is 1. The molecule has 3 aromatic carbocycles. The summed E-state index contributed by atoms with van der Waals surface area (Å²) >= 11 is 5.95. The van der Waals surface area contributed by atoms with Gasteiger partial charge in [-0.2, -0.15) is 0 Å². The standard InChI is InChI=1S/C28H24N2O3S/c1-17-10-4-7-13-22(17)29-26(32)25-21(16-19(3)31)20-12-6-9-15-24(20)33-27(25)30(28(29)34)23-14-8-5-11-18(23)2/h4-15,21H,16H2,1-3H3. The molecule has 4 aromatic rings. The average molecular weight is 469 g/mol. The number of fused-ring (bicyclic) bond motifs is 2. The molecule has 1 aliphatic rings. The van der Waals surface area contributed by atoms with Crippen molar-refractivity contribution in [2.45, 2.75) is 33.1 Å². The van der Waals surface area contributed by atoms with Gasteiger partial charge in [0.25, 0.3) is 5.56 Å². The summed E-state index contributed by atoms with van der Waals surface area (Å²) in [6, 6.07) is 23.1. The molecule has 0 radical (unpaired) electrons. The summed E-state index contributed by atoms with van der Waals surface area (Å²) < 4.78 is 10.1. The fraction of sp³-hybridized carbons (Fsp3) is 0.179. The third-order valence-electron chi connectivity index (χ3n) is 6.30. The summed E-state index contributed by atoms with van der Waals surface area (Å²) in [7, 11) is 0. The Morgan fingerprint density at radius 3 is 2.06 bits per heavy atom. The van der Waals surface area contributed by atoms with E-state index in [0.717, 1.165) is 22.4 Å². The summed E-state index contributed by atoms with van der Waals surface area (Å²) in [5.74, 6) is 0.565. The summed E-state index contributed by atoms with van der Waals surface area (Å²) in [5.41, 5.74) is 4.45. The van der Waals surface area contributed by atoms with Crippen LogP contribution in [0.2, 0.25) is 0 Å². The molecule has 1 aromatic heterocycles. The number of ether oxygens (including phenoxy) is 1. The number of ketones is 1. The molecule has 0 amide bonds. The van der Waals surface area contributed by atoms with Gasteiger partial charge in [-0.15, -0.1) is 0 Å². The number of nitrogens with zero attached hydrogens (tertiary/aromatic N) is 2. The van der Waals surface area contributed by atoms with Crippen molar-refractivity contribution in [1.82, 2.24) is 9.13 Å². The molecule has 0 aliphatic carbocycles. The van der Waals surface area contributed by atoms with E-state index < -0.39 is 5.92 Å². The Bertz CT molecular complexity index is 1560. The lowest BCUT2D eigenvalue weighted by Gasteiger charge is -2.31. The van der Waals surface area contributed by atoms with Crippen molar-refractivity contribution >= 4 is 18.0 Å². The summed E-state index contributed by atoms with van der Waals surface area (Å²) in [6.45, 7) is 5.50. The second kappa shape index (κ2) is 8.54. The third-order valence-corrected chi connectivity index (χ3v) is 6.67. The minimum absolute atomic E-state index is 0.000568. The van der Waals surface area contributed by atoms with Gasteiger partial charge in [-0.25, -0.2) is 0 Å². The number of benzene rings is 3. The molecule has 0 bridgehead atoms. The first-order chi connectivity index (χ1) is 16.4. The van der Waals surface area contributed by atoms with Crippen molar-refractivity contribution in [2.24, 2.45) is 0 Å². The number of hydrogen-bond donors (Lipinski definition) is 0. The smallest absolute Gasteiger partial charge is 0.266 e. The van der Waals surface area contributed by atoms with Crippen molar-refractivity contribution in [3.05, 3.63) is 110 Å². The Hall–Kier alpha value is -3.77. The second-order valence-corrected chi connectivity index (χ2v) is 9.01. The van der Waals surface area contributed by atoms with Crippen LogP contribution in [0, 0.1) is 18.6 Å². The van der Waals surface area contributed by atoms with Crippen LogP contribution in [0.25, 0.3) is 11.4 Å². The number of aryl methyl sites for hydroxylation is 2. The van der Waals surface area contributed by atoms with Crippen molar-refractivity contribution in [3.63, 3.8) is 0 Å². The molecule has 5 nitrogen and oxygen atoms in total. The molecular weight excluding hydrogens is 444 g/mol. The highest BCUT2D eigenvalue weighted by molar-refractivity contribution is 7.71. The van der Waals surface area contributed by atoms with Crippen LogP contribution < -0.4 is 10.3 Å². The highest BCUT2D eigenvalue weighted by atomic mass is 32.1. The van der Waals surface area contributed by atoms with Gasteiger partial charge in [-0.1, -0.05) is 54.6 Å². The van der Waals surface area contributed by atoms with Crippen LogP contribution in [0.15, 0.2) is 77.6 Å². The lowest BCUT2D eigenvalue weighted by Crippen LogP contribution is -2.32. The molecule has 5 rings (SSSR count). The van der Waals surface area contributed by atoms with Crippen LogP contribution >= 0.6 is 12.2 Å². The predicted molar refractivity (Wildman–Crippen MR) is 135 cm³/mol. The van der Waals surface area contributed by atoms with Crippen molar-refractivity contribution < 1.29 is 9.53 Å². The second-order valence-electron chi connectivity index (χ2n) is 8.65. The molecule has 0 saturated carbocycles. The topological polar surface area (TPSA) is 53.2 Å². The SMILES string of the molecule is CC(=O)CC1c2ccccc2Oc2c1c(=O)n(-c1ccccc1C)c(=S)n2-c1ccccc1C. The average Bonchev–Trinajstić information content (AvgIpc) is 2.81. The fourth-order valence-electron chi connectivity index (χ4n) is 4.68. The maximum atomic E-state index is 14.1. The summed E-state index contributed by atoms with van der Waals surface area (Å²) in [4.78, 5) is 26.5. The predicted octanol–water partition coefficient (Wildman–Crippen LogP) is 6.19. The van der Waals surface area contributed by atoms with E-state index in [9.17, 15) is 9.59 Å². The summed E-state index contributed by atoms with van der Waals surface area (Å²) in [6.07, 6.45) is 0.195. The van der Waals surface area contributed by atoms with Crippen LogP contribution in [-0.4, -0.2) is 14.9 Å². The molecule has 170 valence electrons. The molecule has 0 spiro atoms. The van der Waals surface area contributed by atoms with Gasteiger partial charge in [0.1, 0.15) is 11.5 Å². The Balaban J connectivity index is 1.95. The monoisotopic (exact) mass is 468 g/mol. The van der Waals surface area contributed by atoms with Crippen LogP contribution in [0.5, 0.6) is 11.6 Å². The highest BCUT2D eigenvalue weighted by Crippen LogP contribution is 2.45.